The number of likely N-dealkylation sites (tertiary alicyclic amines) is 1. The molecule has 4 heterocycles. The van der Waals surface area contributed by atoms with Crippen LogP contribution in [0.25, 0.3) is 11.1 Å². The van der Waals surface area contributed by atoms with Gasteiger partial charge in [-0.3, -0.25) is 20.1 Å². The van der Waals surface area contributed by atoms with Crippen LogP contribution in [-0.2, 0) is 14.9 Å². The molecule has 2 aromatic rings. The highest BCUT2D eigenvalue weighted by Gasteiger charge is 2.51. The number of nitrogens with zero attached hydrogens (tertiary/aromatic N) is 3. The topological polar surface area (TPSA) is 69.5 Å². The number of carbonyl (C=O) groups excluding carboxylic acids is 1. The maximum absolute atomic E-state index is 13.3. The predicted molar refractivity (Wildman–Crippen MR) is 119 cm³/mol. The SMILES string of the molecule is CC#Cc1cncc(-c2csc([C@@]3(C)CC(=N)N(C)C(=O)C3N3CCOCC3)c2)c1. The minimum Gasteiger partial charge on any atom is -0.379 e. The van der Waals surface area contributed by atoms with Gasteiger partial charge in [0.05, 0.1) is 13.2 Å². The second kappa shape index (κ2) is 8.31. The van der Waals surface area contributed by atoms with Gasteiger partial charge >= 0.3 is 0 Å². The fourth-order valence-corrected chi connectivity index (χ4v) is 5.47. The van der Waals surface area contributed by atoms with Gasteiger partial charge < -0.3 is 9.64 Å². The summed E-state index contributed by atoms with van der Waals surface area (Å²) in [6.45, 7) is 6.66. The van der Waals surface area contributed by atoms with Gasteiger partial charge in [-0.05, 0) is 30.0 Å². The van der Waals surface area contributed by atoms with E-state index in [0.29, 0.717) is 25.5 Å². The number of aromatic nitrogens is 1. The minimum absolute atomic E-state index is 0.00696. The maximum Gasteiger partial charge on any atom is 0.245 e. The van der Waals surface area contributed by atoms with Crippen LogP contribution in [0.2, 0.25) is 0 Å². The van der Waals surface area contributed by atoms with Gasteiger partial charge in [0.1, 0.15) is 11.9 Å². The van der Waals surface area contributed by atoms with Crippen molar-refractivity contribution in [3.05, 3.63) is 40.3 Å². The van der Waals surface area contributed by atoms with Crippen LogP contribution in [0.5, 0.6) is 0 Å². The standard InChI is InChI=1S/C23H26N4O2S/c1-4-5-16-10-17(14-25-13-16)18-11-19(30-15-18)23(2)12-20(24)26(3)22(28)21(23)27-6-8-29-9-7-27/h10-11,13-15,21,24H,6-9,12H2,1-3H3/t21?,23-/m1/s1. The number of hydrogen-bond acceptors (Lipinski definition) is 6. The lowest BCUT2D eigenvalue weighted by molar-refractivity contribution is -0.139. The number of piperidine rings is 1. The van der Waals surface area contributed by atoms with E-state index < -0.39 is 5.41 Å². The number of hydrogen-bond donors (Lipinski definition) is 1. The highest BCUT2D eigenvalue weighted by Crippen LogP contribution is 2.43. The summed E-state index contributed by atoms with van der Waals surface area (Å²) >= 11 is 1.65. The number of amidine groups is 1. The van der Waals surface area contributed by atoms with Gasteiger partial charge in [-0.15, -0.1) is 17.3 Å². The molecule has 2 aliphatic heterocycles. The van der Waals surface area contributed by atoms with Crippen LogP contribution in [-0.4, -0.2) is 65.9 Å². The van der Waals surface area contributed by atoms with Gasteiger partial charge in [0.2, 0.25) is 5.91 Å². The predicted octanol–water partition coefficient (Wildman–Crippen LogP) is 2.98. The van der Waals surface area contributed by atoms with Gasteiger partial charge in [0.25, 0.3) is 0 Å². The lowest BCUT2D eigenvalue weighted by Gasteiger charge is -2.49. The van der Waals surface area contributed by atoms with Crippen molar-refractivity contribution in [1.82, 2.24) is 14.8 Å². The molecule has 2 aromatic heterocycles. The fourth-order valence-electron chi connectivity index (χ4n) is 4.37. The molecule has 0 spiro atoms. The molecule has 2 fully saturated rings. The molecule has 2 atom stereocenters. The third kappa shape index (κ3) is 3.67. The third-order valence-electron chi connectivity index (χ3n) is 6.02. The van der Waals surface area contributed by atoms with E-state index in [-0.39, 0.29) is 11.9 Å². The molecular weight excluding hydrogens is 396 g/mol. The number of ether oxygens (including phenoxy) is 1. The Morgan fingerprint density at radius 3 is 2.77 bits per heavy atom. The molecule has 0 radical (unpaired) electrons. The Bertz CT molecular complexity index is 1030. The number of rotatable bonds is 3. The molecule has 6 nitrogen and oxygen atoms in total. The number of carbonyl (C=O) groups is 1. The van der Waals surface area contributed by atoms with Crippen molar-refractivity contribution < 1.29 is 9.53 Å². The van der Waals surface area contributed by atoms with E-state index >= 15 is 0 Å². The molecule has 0 saturated carbocycles. The summed E-state index contributed by atoms with van der Waals surface area (Å²) in [5.74, 6) is 6.33. The largest absolute Gasteiger partial charge is 0.379 e. The summed E-state index contributed by atoms with van der Waals surface area (Å²) in [6.07, 6.45) is 4.13. The average Bonchev–Trinajstić information content (AvgIpc) is 3.25. The highest BCUT2D eigenvalue weighted by molar-refractivity contribution is 7.10. The first kappa shape index (κ1) is 20.7. The molecule has 0 aliphatic carbocycles. The summed E-state index contributed by atoms with van der Waals surface area (Å²) in [5.41, 5.74) is 2.51. The van der Waals surface area contributed by atoms with E-state index in [0.717, 1.165) is 34.7 Å². The van der Waals surface area contributed by atoms with E-state index in [4.69, 9.17) is 10.1 Å². The molecule has 0 aromatic carbocycles. The van der Waals surface area contributed by atoms with E-state index in [1.165, 1.54) is 4.90 Å². The van der Waals surface area contributed by atoms with Crippen molar-refractivity contribution in [3.8, 4) is 23.0 Å². The zero-order valence-electron chi connectivity index (χ0n) is 17.6. The second-order valence-corrected chi connectivity index (χ2v) is 8.94. The second-order valence-electron chi connectivity index (χ2n) is 8.03. The van der Waals surface area contributed by atoms with Gasteiger partial charge in [0.15, 0.2) is 0 Å². The fraction of sp³-hybridized carbons (Fsp3) is 0.435. The summed E-state index contributed by atoms with van der Waals surface area (Å²) in [6, 6.07) is 3.89. The van der Waals surface area contributed by atoms with Crippen LogP contribution in [0.4, 0.5) is 0 Å². The Labute approximate surface area is 181 Å². The Kier molecular flexibility index (Phi) is 5.74. The lowest BCUT2D eigenvalue weighted by atomic mass is 9.73. The molecule has 1 unspecified atom stereocenters. The normalized spacial score (nSPS) is 25.2. The van der Waals surface area contributed by atoms with Crippen molar-refractivity contribution in [2.75, 3.05) is 33.4 Å². The van der Waals surface area contributed by atoms with Crippen LogP contribution in [0.15, 0.2) is 29.9 Å². The summed E-state index contributed by atoms with van der Waals surface area (Å²) in [5, 5.41) is 10.5. The van der Waals surface area contributed by atoms with Gasteiger partial charge in [-0.25, -0.2) is 0 Å². The van der Waals surface area contributed by atoms with E-state index in [1.54, 1.807) is 24.6 Å². The third-order valence-corrected chi connectivity index (χ3v) is 7.23. The van der Waals surface area contributed by atoms with Gasteiger partial charge in [0, 0.05) is 60.4 Å². The van der Waals surface area contributed by atoms with Crippen molar-refractivity contribution in [3.63, 3.8) is 0 Å². The highest BCUT2D eigenvalue weighted by atomic mass is 32.1. The van der Waals surface area contributed by atoms with Gasteiger partial charge in [-0.2, -0.15) is 0 Å². The van der Waals surface area contributed by atoms with Crippen LogP contribution in [0.3, 0.4) is 0 Å². The molecule has 30 heavy (non-hydrogen) atoms. The first-order valence-corrected chi connectivity index (χ1v) is 11.0. The number of amides is 1. The summed E-state index contributed by atoms with van der Waals surface area (Å²) in [7, 11) is 1.71. The molecular formula is C23H26N4O2S. The molecule has 1 N–H and O–H groups in total. The van der Waals surface area contributed by atoms with Crippen LogP contribution >= 0.6 is 11.3 Å². The van der Waals surface area contributed by atoms with Crippen LogP contribution in [0.1, 0.15) is 30.7 Å². The van der Waals surface area contributed by atoms with Gasteiger partial charge in [-0.1, -0.05) is 12.8 Å². The Morgan fingerprint density at radius 2 is 2.03 bits per heavy atom. The molecule has 156 valence electrons. The molecule has 7 heteroatoms. The van der Waals surface area contributed by atoms with Crippen molar-refractivity contribution in [2.45, 2.75) is 31.7 Å². The molecule has 2 aliphatic rings. The Balaban J connectivity index is 1.73. The summed E-state index contributed by atoms with van der Waals surface area (Å²) < 4.78 is 5.52. The average molecular weight is 423 g/mol. The molecule has 0 bridgehead atoms. The number of likely N-dealkylation sites (N-methyl/N-ethyl adjacent to an activating group) is 1. The quantitative estimate of drug-likeness (QED) is 0.772. The number of thiophene rings is 1. The minimum atomic E-state index is -0.463. The van der Waals surface area contributed by atoms with Crippen LogP contribution in [0, 0.1) is 17.3 Å². The maximum atomic E-state index is 13.3. The number of nitrogens with one attached hydrogen (secondary N) is 1. The Morgan fingerprint density at radius 1 is 1.27 bits per heavy atom. The zero-order valence-corrected chi connectivity index (χ0v) is 18.4. The zero-order chi connectivity index (χ0) is 21.3. The van der Waals surface area contributed by atoms with E-state index in [1.807, 2.05) is 19.2 Å². The first-order valence-electron chi connectivity index (χ1n) is 10.1. The monoisotopic (exact) mass is 422 g/mol. The van der Waals surface area contributed by atoms with E-state index in [2.05, 4.69) is 40.1 Å². The molecule has 2 saturated heterocycles. The smallest absolute Gasteiger partial charge is 0.245 e. The van der Waals surface area contributed by atoms with Crippen molar-refractivity contribution >= 4 is 23.1 Å². The van der Waals surface area contributed by atoms with Crippen molar-refractivity contribution in [1.29, 1.82) is 5.41 Å². The van der Waals surface area contributed by atoms with Crippen molar-refractivity contribution in [2.24, 2.45) is 0 Å². The number of morpholine rings is 1. The summed E-state index contributed by atoms with van der Waals surface area (Å²) in [4.78, 5) is 22.5. The molecule has 4 rings (SSSR count). The first-order chi connectivity index (χ1) is 14.4. The number of pyridine rings is 1. The van der Waals surface area contributed by atoms with E-state index in [9.17, 15) is 4.79 Å². The molecule has 1 amide bonds. The van der Waals surface area contributed by atoms with Crippen LogP contribution < -0.4 is 0 Å². The Hall–Kier alpha value is -2.53. The lowest BCUT2D eigenvalue weighted by Crippen LogP contribution is -2.64.